The van der Waals surface area contributed by atoms with Crippen molar-refractivity contribution in [1.29, 1.82) is 0 Å². The molecular formula is C22H22N6OS2. The van der Waals surface area contributed by atoms with Gasteiger partial charge in [0, 0.05) is 35.6 Å². The van der Waals surface area contributed by atoms with Crippen LogP contribution in [0, 0.1) is 0 Å². The summed E-state index contributed by atoms with van der Waals surface area (Å²) >= 11 is 3.02. The van der Waals surface area contributed by atoms with Gasteiger partial charge in [0.15, 0.2) is 11.0 Å². The van der Waals surface area contributed by atoms with E-state index in [1.165, 1.54) is 11.3 Å². The van der Waals surface area contributed by atoms with Crippen LogP contribution < -0.4 is 5.32 Å². The molecule has 0 saturated carbocycles. The number of para-hydroxylation sites is 1. The number of nitrogens with one attached hydrogen (secondary N) is 1. The van der Waals surface area contributed by atoms with Gasteiger partial charge in [0.25, 0.3) is 5.91 Å². The third kappa shape index (κ3) is 5.18. The van der Waals surface area contributed by atoms with Gasteiger partial charge in [-0.15, -0.1) is 21.5 Å². The number of nitrogens with zero attached hydrogens (tertiary/aromatic N) is 5. The summed E-state index contributed by atoms with van der Waals surface area (Å²) in [7, 11) is 0. The number of thioether (sulfide) groups is 1. The molecule has 31 heavy (non-hydrogen) atoms. The van der Waals surface area contributed by atoms with Crippen LogP contribution in [-0.2, 0) is 5.75 Å². The Kier molecular flexibility index (Phi) is 7.06. The Morgan fingerprint density at radius 3 is 2.81 bits per heavy atom. The number of amides is 1. The summed E-state index contributed by atoms with van der Waals surface area (Å²) in [5.41, 5.74) is 2.34. The number of pyridine rings is 1. The van der Waals surface area contributed by atoms with Crippen LogP contribution in [0.2, 0.25) is 0 Å². The fourth-order valence-electron chi connectivity index (χ4n) is 2.93. The molecule has 1 aromatic carbocycles. The van der Waals surface area contributed by atoms with E-state index in [-0.39, 0.29) is 5.91 Å². The van der Waals surface area contributed by atoms with Crippen molar-refractivity contribution in [2.75, 3.05) is 6.54 Å². The SMILES string of the molecule is CCCCNC(=O)c1csc(CSc2nnc(-c3cccnc3)n2-c2ccccc2)n1. The van der Waals surface area contributed by atoms with Crippen molar-refractivity contribution < 1.29 is 4.79 Å². The first-order valence-corrected chi connectivity index (χ1v) is 11.9. The summed E-state index contributed by atoms with van der Waals surface area (Å²) < 4.78 is 2.02. The molecule has 0 atom stereocenters. The van der Waals surface area contributed by atoms with Crippen LogP contribution in [0.3, 0.4) is 0 Å². The molecule has 4 aromatic rings. The van der Waals surface area contributed by atoms with Crippen molar-refractivity contribution in [3.63, 3.8) is 0 Å². The van der Waals surface area contributed by atoms with Crippen molar-refractivity contribution in [3.8, 4) is 17.1 Å². The predicted molar refractivity (Wildman–Crippen MR) is 124 cm³/mol. The van der Waals surface area contributed by atoms with E-state index >= 15 is 0 Å². The highest BCUT2D eigenvalue weighted by atomic mass is 32.2. The Morgan fingerprint density at radius 2 is 2.03 bits per heavy atom. The zero-order valence-corrected chi connectivity index (χ0v) is 18.7. The molecule has 0 aliphatic heterocycles. The minimum absolute atomic E-state index is 0.118. The topological polar surface area (TPSA) is 85.6 Å². The molecule has 0 unspecified atom stereocenters. The van der Waals surface area contributed by atoms with E-state index in [1.807, 2.05) is 47.0 Å². The van der Waals surface area contributed by atoms with Gasteiger partial charge >= 0.3 is 0 Å². The van der Waals surface area contributed by atoms with Gasteiger partial charge in [-0.05, 0) is 30.7 Å². The van der Waals surface area contributed by atoms with Crippen LogP contribution in [0.5, 0.6) is 0 Å². The quantitative estimate of drug-likeness (QED) is 0.296. The molecule has 1 amide bonds. The van der Waals surface area contributed by atoms with Crippen molar-refractivity contribution in [1.82, 2.24) is 30.0 Å². The maximum absolute atomic E-state index is 12.2. The molecule has 0 saturated heterocycles. The normalized spacial score (nSPS) is 10.9. The summed E-state index contributed by atoms with van der Waals surface area (Å²) in [5.74, 6) is 1.22. The van der Waals surface area contributed by atoms with Crippen molar-refractivity contribution in [2.45, 2.75) is 30.7 Å². The summed E-state index contributed by atoms with van der Waals surface area (Å²) in [5, 5.41) is 15.2. The molecule has 3 heterocycles. The molecule has 0 spiro atoms. The monoisotopic (exact) mass is 450 g/mol. The van der Waals surface area contributed by atoms with Crippen molar-refractivity contribution >= 4 is 29.0 Å². The lowest BCUT2D eigenvalue weighted by Crippen LogP contribution is -2.24. The number of hydrogen-bond acceptors (Lipinski definition) is 7. The Bertz CT molecular complexity index is 1130. The van der Waals surface area contributed by atoms with Gasteiger partial charge in [0.2, 0.25) is 0 Å². The zero-order valence-electron chi connectivity index (χ0n) is 17.1. The number of aromatic nitrogens is 5. The molecule has 0 bridgehead atoms. The van der Waals surface area contributed by atoms with Gasteiger partial charge in [-0.1, -0.05) is 43.3 Å². The first kappa shape index (κ1) is 21.2. The average molecular weight is 451 g/mol. The lowest BCUT2D eigenvalue weighted by Gasteiger charge is -2.09. The summed E-state index contributed by atoms with van der Waals surface area (Å²) in [4.78, 5) is 20.9. The maximum Gasteiger partial charge on any atom is 0.270 e. The van der Waals surface area contributed by atoms with E-state index in [0.717, 1.165) is 40.1 Å². The molecule has 158 valence electrons. The second kappa shape index (κ2) is 10.3. The van der Waals surface area contributed by atoms with Gasteiger partial charge in [-0.25, -0.2) is 4.98 Å². The van der Waals surface area contributed by atoms with E-state index in [1.54, 1.807) is 29.5 Å². The third-order valence-electron chi connectivity index (χ3n) is 4.49. The van der Waals surface area contributed by atoms with Gasteiger partial charge in [-0.2, -0.15) is 0 Å². The highest BCUT2D eigenvalue weighted by Crippen LogP contribution is 2.30. The van der Waals surface area contributed by atoms with Crippen molar-refractivity contribution in [3.05, 3.63) is 70.9 Å². The number of unbranched alkanes of at least 4 members (excludes halogenated alkanes) is 1. The van der Waals surface area contributed by atoms with Gasteiger partial charge in [0.05, 0.1) is 5.75 Å². The molecule has 0 radical (unpaired) electrons. The van der Waals surface area contributed by atoms with Crippen LogP contribution >= 0.6 is 23.1 Å². The van der Waals surface area contributed by atoms with Crippen LogP contribution in [-0.4, -0.2) is 37.2 Å². The summed E-state index contributed by atoms with van der Waals surface area (Å²) in [6.07, 6.45) is 5.53. The molecule has 0 aliphatic rings. The lowest BCUT2D eigenvalue weighted by atomic mass is 10.2. The molecule has 0 fully saturated rings. The number of thiazole rings is 1. The first-order valence-electron chi connectivity index (χ1n) is 10.0. The lowest BCUT2D eigenvalue weighted by molar-refractivity contribution is 0.0948. The maximum atomic E-state index is 12.2. The number of carbonyl (C=O) groups is 1. The van der Waals surface area contributed by atoms with Gasteiger partial charge in [-0.3, -0.25) is 14.3 Å². The van der Waals surface area contributed by atoms with Gasteiger partial charge < -0.3 is 5.32 Å². The second-order valence-electron chi connectivity index (χ2n) is 6.74. The minimum Gasteiger partial charge on any atom is -0.351 e. The standard InChI is InChI=1S/C22H22N6OS2/c1-2-3-12-24-21(29)18-14-30-19(25-18)15-31-22-27-26-20(16-8-7-11-23-13-16)28(22)17-9-5-4-6-10-17/h4-11,13-14H,2-3,12,15H2,1H3,(H,24,29). The number of hydrogen-bond donors (Lipinski definition) is 1. The Labute approximate surface area is 189 Å². The van der Waals surface area contributed by atoms with E-state index in [2.05, 4.69) is 32.4 Å². The molecule has 9 heteroatoms. The summed E-state index contributed by atoms with van der Waals surface area (Å²) in [6.45, 7) is 2.77. The number of carbonyl (C=O) groups excluding carboxylic acids is 1. The second-order valence-corrected chi connectivity index (χ2v) is 8.63. The number of benzene rings is 1. The molecule has 3 aromatic heterocycles. The van der Waals surface area contributed by atoms with Crippen LogP contribution in [0.15, 0.2) is 65.4 Å². The third-order valence-corrected chi connectivity index (χ3v) is 6.46. The van der Waals surface area contributed by atoms with Crippen LogP contribution in [0.4, 0.5) is 0 Å². The molecule has 7 nitrogen and oxygen atoms in total. The highest BCUT2D eigenvalue weighted by Gasteiger charge is 2.17. The van der Waals surface area contributed by atoms with E-state index in [0.29, 0.717) is 18.0 Å². The van der Waals surface area contributed by atoms with E-state index in [9.17, 15) is 4.79 Å². The molecule has 0 aliphatic carbocycles. The largest absolute Gasteiger partial charge is 0.351 e. The van der Waals surface area contributed by atoms with E-state index < -0.39 is 0 Å². The Hall–Kier alpha value is -3.04. The summed E-state index contributed by atoms with van der Waals surface area (Å²) in [6, 6.07) is 13.9. The first-order chi connectivity index (χ1) is 15.3. The smallest absolute Gasteiger partial charge is 0.270 e. The highest BCUT2D eigenvalue weighted by molar-refractivity contribution is 7.98. The average Bonchev–Trinajstić information content (AvgIpc) is 3.46. The molecule has 1 N–H and O–H groups in total. The van der Waals surface area contributed by atoms with Gasteiger partial charge in [0.1, 0.15) is 10.7 Å². The zero-order chi connectivity index (χ0) is 21.5. The Balaban J connectivity index is 1.53. The molecule has 4 rings (SSSR count). The fourth-order valence-corrected chi connectivity index (χ4v) is 4.68. The van der Waals surface area contributed by atoms with Crippen molar-refractivity contribution in [2.24, 2.45) is 0 Å². The Morgan fingerprint density at radius 1 is 1.16 bits per heavy atom. The fraction of sp³-hybridized carbons (Fsp3) is 0.227. The van der Waals surface area contributed by atoms with Crippen LogP contribution in [0.25, 0.3) is 17.1 Å². The number of rotatable bonds is 9. The van der Waals surface area contributed by atoms with E-state index in [4.69, 9.17) is 0 Å². The van der Waals surface area contributed by atoms with Crippen LogP contribution in [0.1, 0.15) is 35.3 Å². The minimum atomic E-state index is -0.118. The predicted octanol–water partition coefficient (Wildman–Crippen LogP) is 4.61. The molecular weight excluding hydrogens is 428 g/mol.